The third kappa shape index (κ3) is 4.02. The van der Waals surface area contributed by atoms with Gasteiger partial charge in [0.05, 0.1) is 23.5 Å². The quantitative estimate of drug-likeness (QED) is 0.797. The van der Waals surface area contributed by atoms with E-state index >= 15 is 0 Å². The molecule has 9 heteroatoms. The lowest BCUT2D eigenvalue weighted by atomic mass is 10.2. The molecule has 1 heterocycles. The van der Waals surface area contributed by atoms with E-state index in [2.05, 4.69) is 31.1 Å². The third-order valence-corrected chi connectivity index (χ3v) is 4.16. The van der Waals surface area contributed by atoms with Crippen molar-refractivity contribution in [2.75, 3.05) is 12.4 Å². The van der Waals surface area contributed by atoms with Crippen LogP contribution in [0.15, 0.2) is 28.9 Å². The van der Waals surface area contributed by atoms with Gasteiger partial charge in [-0.1, -0.05) is 0 Å². The molecule has 1 N–H and O–H groups in total. The number of methoxy groups -OCH3 is 1. The summed E-state index contributed by atoms with van der Waals surface area (Å²) in [6.07, 6.45) is 1.61. The van der Waals surface area contributed by atoms with E-state index < -0.39 is 12.7 Å². The number of alkyl halides is 2. The van der Waals surface area contributed by atoms with Gasteiger partial charge in [-0.25, -0.2) is 0 Å². The lowest BCUT2D eigenvalue weighted by Crippen LogP contribution is -2.25. The van der Waals surface area contributed by atoms with Gasteiger partial charge in [0.25, 0.3) is 0 Å². The second-order valence-electron chi connectivity index (χ2n) is 4.93. The van der Waals surface area contributed by atoms with Crippen LogP contribution in [-0.4, -0.2) is 29.4 Å². The molecule has 0 aliphatic heterocycles. The molecule has 2 rings (SSSR count). The van der Waals surface area contributed by atoms with E-state index in [1.54, 1.807) is 17.8 Å². The van der Waals surface area contributed by atoms with Gasteiger partial charge in [-0.2, -0.15) is 13.9 Å². The first-order valence-electron chi connectivity index (χ1n) is 6.96. The second kappa shape index (κ2) is 7.61. The predicted octanol–water partition coefficient (Wildman–Crippen LogP) is 3.76. The molecule has 0 saturated carbocycles. The van der Waals surface area contributed by atoms with E-state index in [1.807, 2.05) is 6.92 Å². The number of hydrogen-bond donors (Lipinski definition) is 1. The zero-order valence-electron chi connectivity index (χ0n) is 13.2. The van der Waals surface area contributed by atoms with Crippen molar-refractivity contribution < 1.29 is 23.0 Å². The number of anilines is 1. The number of carbonyl (C=O) groups is 1. The normalized spacial score (nSPS) is 12.1. The number of aromatic nitrogens is 2. The van der Waals surface area contributed by atoms with Crippen LogP contribution in [-0.2, 0) is 4.79 Å². The van der Waals surface area contributed by atoms with Crippen LogP contribution < -0.4 is 14.8 Å². The Balaban J connectivity index is 2.15. The number of halogens is 3. The van der Waals surface area contributed by atoms with Gasteiger partial charge in [0.2, 0.25) is 5.91 Å². The minimum absolute atomic E-state index is 0.0961. The molecule has 0 radical (unpaired) electrons. The molecule has 0 fully saturated rings. The SMILES string of the molecule is COc1cc(NC(=O)C(C)n2ncc(Br)c2C)ccc1OC(F)F. The lowest BCUT2D eigenvalue weighted by molar-refractivity contribution is -0.119. The van der Waals surface area contributed by atoms with E-state index in [0.29, 0.717) is 5.69 Å². The molecule has 6 nitrogen and oxygen atoms in total. The van der Waals surface area contributed by atoms with Gasteiger partial charge in [-0.15, -0.1) is 0 Å². The summed E-state index contributed by atoms with van der Waals surface area (Å²) >= 11 is 3.34. The molecular weight excluding hydrogens is 388 g/mol. The van der Waals surface area contributed by atoms with Crippen LogP contribution in [0.4, 0.5) is 14.5 Å². The molecule has 24 heavy (non-hydrogen) atoms. The molecule has 2 aromatic rings. The van der Waals surface area contributed by atoms with Crippen LogP contribution in [0.25, 0.3) is 0 Å². The van der Waals surface area contributed by atoms with E-state index in [-0.39, 0.29) is 17.4 Å². The Kier molecular flexibility index (Phi) is 5.76. The molecule has 0 saturated heterocycles. The van der Waals surface area contributed by atoms with Gasteiger partial charge in [0.1, 0.15) is 6.04 Å². The first-order valence-corrected chi connectivity index (χ1v) is 7.76. The van der Waals surface area contributed by atoms with Gasteiger partial charge in [-0.3, -0.25) is 9.48 Å². The first kappa shape index (κ1) is 18.2. The van der Waals surface area contributed by atoms with Gasteiger partial charge < -0.3 is 14.8 Å². The van der Waals surface area contributed by atoms with Crippen LogP contribution >= 0.6 is 15.9 Å². The number of nitrogens with zero attached hydrogens (tertiary/aromatic N) is 2. The Morgan fingerprint density at radius 1 is 1.38 bits per heavy atom. The maximum Gasteiger partial charge on any atom is 0.387 e. The Labute approximate surface area is 145 Å². The Bertz CT molecular complexity index is 737. The summed E-state index contributed by atoms with van der Waals surface area (Å²) < 4.78 is 36.4. The summed E-state index contributed by atoms with van der Waals surface area (Å²) in [6, 6.07) is 3.62. The van der Waals surface area contributed by atoms with Gasteiger partial charge in [0, 0.05) is 11.8 Å². The van der Waals surface area contributed by atoms with Crippen LogP contribution in [0.5, 0.6) is 11.5 Å². The van der Waals surface area contributed by atoms with E-state index in [1.165, 1.54) is 25.3 Å². The molecule has 0 aliphatic rings. The predicted molar refractivity (Wildman–Crippen MR) is 87.6 cm³/mol. The molecule has 0 spiro atoms. The molecule has 1 aromatic heterocycles. The number of nitrogens with one attached hydrogen (secondary N) is 1. The van der Waals surface area contributed by atoms with Crippen molar-refractivity contribution in [1.82, 2.24) is 9.78 Å². The maximum atomic E-state index is 12.4. The summed E-state index contributed by atoms with van der Waals surface area (Å²) in [5, 5.41) is 6.83. The summed E-state index contributed by atoms with van der Waals surface area (Å²) in [6.45, 7) is 0.578. The zero-order chi connectivity index (χ0) is 17.9. The molecule has 1 unspecified atom stereocenters. The van der Waals surface area contributed by atoms with Crippen LogP contribution in [0.2, 0.25) is 0 Å². The third-order valence-electron chi connectivity index (χ3n) is 3.38. The van der Waals surface area contributed by atoms with Crippen molar-refractivity contribution in [3.05, 3.63) is 34.6 Å². The van der Waals surface area contributed by atoms with Crippen molar-refractivity contribution in [3.63, 3.8) is 0 Å². The average Bonchev–Trinajstić information content (AvgIpc) is 2.87. The average molecular weight is 404 g/mol. The van der Waals surface area contributed by atoms with Crippen molar-refractivity contribution in [2.24, 2.45) is 0 Å². The monoisotopic (exact) mass is 403 g/mol. The minimum atomic E-state index is -2.96. The number of carbonyl (C=O) groups excluding carboxylic acids is 1. The van der Waals surface area contributed by atoms with Crippen molar-refractivity contribution >= 4 is 27.5 Å². The van der Waals surface area contributed by atoms with Gasteiger partial charge >= 0.3 is 6.61 Å². The largest absolute Gasteiger partial charge is 0.493 e. The Morgan fingerprint density at radius 3 is 2.62 bits per heavy atom. The Morgan fingerprint density at radius 2 is 2.08 bits per heavy atom. The highest BCUT2D eigenvalue weighted by atomic mass is 79.9. The summed E-state index contributed by atoms with van der Waals surface area (Å²) in [4.78, 5) is 12.4. The highest BCUT2D eigenvalue weighted by molar-refractivity contribution is 9.10. The fourth-order valence-corrected chi connectivity index (χ4v) is 2.36. The van der Waals surface area contributed by atoms with Gasteiger partial charge in [-0.05, 0) is 41.9 Å². The smallest absolute Gasteiger partial charge is 0.387 e. The molecule has 1 atom stereocenters. The summed E-state index contributed by atoms with van der Waals surface area (Å²) in [7, 11) is 1.33. The maximum absolute atomic E-state index is 12.4. The van der Waals surface area contributed by atoms with Crippen LogP contribution in [0.1, 0.15) is 18.7 Å². The van der Waals surface area contributed by atoms with E-state index in [9.17, 15) is 13.6 Å². The van der Waals surface area contributed by atoms with Crippen molar-refractivity contribution in [3.8, 4) is 11.5 Å². The number of ether oxygens (including phenoxy) is 2. The highest BCUT2D eigenvalue weighted by Crippen LogP contribution is 2.31. The number of benzene rings is 1. The standard InChI is InChI=1S/C15H16BrF2N3O3/c1-8-11(16)7-19-21(8)9(2)14(22)20-10-4-5-12(24-15(17)18)13(6-10)23-3/h4-7,9,15H,1-3H3,(H,20,22). The first-order chi connectivity index (χ1) is 11.3. The topological polar surface area (TPSA) is 65.4 Å². The van der Waals surface area contributed by atoms with E-state index in [0.717, 1.165) is 10.2 Å². The molecule has 0 aliphatic carbocycles. The number of amides is 1. The fraction of sp³-hybridized carbons (Fsp3) is 0.333. The van der Waals surface area contributed by atoms with Crippen LogP contribution in [0.3, 0.4) is 0 Å². The van der Waals surface area contributed by atoms with Gasteiger partial charge in [0.15, 0.2) is 11.5 Å². The zero-order valence-corrected chi connectivity index (χ0v) is 14.8. The van der Waals surface area contributed by atoms with Crippen molar-refractivity contribution in [2.45, 2.75) is 26.5 Å². The van der Waals surface area contributed by atoms with E-state index in [4.69, 9.17) is 4.74 Å². The summed E-state index contributed by atoms with van der Waals surface area (Å²) in [5.41, 5.74) is 1.21. The Hall–Kier alpha value is -2.16. The minimum Gasteiger partial charge on any atom is -0.493 e. The lowest BCUT2D eigenvalue weighted by Gasteiger charge is -2.16. The molecular formula is C15H16BrF2N3O3. The number of rotatable bonds is 6. The molecule has 0 bridgehead atoms. The number of hydrogen-bond acceptors (Lipinski definition) is 4. The van der Waals surface area contributed by atoms with Crippen molar-refractivity contribution in [1.29, 1.82) is 0 Å². The molecule has 1 aromatic carbocycles. The highest BCUT2D eigenvalue weighted by Gasteiger charge is 2.19. The van der Waals surface area contributed by atoms with Crippen LogP contribution in [0, 0.1) is 6.92 Å². The molecule has 1 amide bonds. The fourth-order valence-electron chi connectivity index (χ4n) is 2.09. The summed E-state index contributed by atoms with van der Waals surface area (Å²) in [5.74, 6) is -0.317. The molecule has 130 valence electrons. The second-order valence-corrected chi connectivity index (χ2v) is 5.79.